The van der Waals surface area contributed by atoms with E-state index in [1.165, 1.54) is 23.0 Å². The molecular weight excluding hydrogens is 231 g/mol. The summed E-state index contributed by atoms with van der Waals surface area (Å²) in [6.45, 7) is 6.57. The fourth-order valence-corrected chi connectivity index (χ4v) is 2.14. The molecule has 0 aromatic carbocycles. The van der Waals surface area contributed by atoms with Crippen LogP contribution in [0.15, 0.2) is 47.3 Å². The van der Waals surface area contributed by atoms with Gasteiger partial charge in [0.05, 0.1) is 0 Å². The van der Waals surface area contributed by atoms with E-state index in [0.717, 1.165) is 12.8 Å². The van der Waals surface area contributed by atoms with Crippen molar-refractivity contribution in [2.24, 2.45) is 5.92 Å². The van der Waals surface area contributed by atoms with Crippen molar-refractivity contribution in [2.75, 3.05) is 0 Å². The molecule has 0 aromatic heterocycles. The molecule has 0 aromatic rings. The number of rotatable bonds is 5. The van der Waals surface area contributed by atoms with Crippen LogP contribution in [0.4, 0.5) is 0 Å². The molecule has 1 aliphatic carbocycles. The first kappa shape index (κ1) is 13.9. The van der Waals surface area contributed by atoms with Gasteiger partial charge < -0.3 is 0 Å². The van der Waals surface area contributed by atoms with Gasteiger partial charge >= 0.3 is 8.69 Å². The maximum absolute atomic E-state index is 10.1. The minimum absolute atomic E-state index is 0.585. The second-order valence-electron chi connectivity index (χ2n) is 4.41. The van der Waals surface area contributed by atoms with Crippen molar-refractivity contribution in [3.05, 3.63) is 47.3 Å². The fraction of sp³-hybridized carbons (Fsp3) is 0.429. The van der Waals surface area contributed by atoms with E-state index in [4.69, 9.17) is 0 Å². The zero-order chi connectivity index (χ0) is 12.7. The third kappa shape index (κ3) is 4.32. The van der Waals surface area contributed by atoms with E-state index in [1.54, 1.807) is 6.08 Å². The normalized spacial score (nSPS) is 17.5. The lowest BCUT2D eigenvalue weighted by molar-refractivity contribution is 0.483. The van der Waals surface area contributed by atoms with Gasteiger partial charge in [0, 0.05) is 0 Å². The average molecular weight is 251 g/mol. The summed E-state index contributed by atoms with van der Waals surface area (Å²) in [5.74, 6) is 0.585. The summed E-state index contributed by atoms with van der Waals surface area (Å²) in [5, 5.41) is 0. The first-order chi connectivity index (χ1) is 8.16. The monoisotopic (exact) mass is 251 g/mol. The van der Waals surface area contributed by atoms with Crippen LogP contribution < -0.4 is 0 Å². The molecule has 2 nitrogen and oxygen atoms in total. The van der Waals surface area contributed by atoms with Gasteiger partial charge in [-0.25, -0.2) is 0 Å². The highest BCUT2D eigenvalue weighted by atomic mass is 31.1. The van der Waals surface area contributed by atoms with E-state index in [2.05, 4.69) is 37.4 Å². The Bertz CT molecular complexity index is 387. The molecule has 17 heavy (non-hydrogen) atoms. The van der Waals surface area contributed by atoms with E-state index in [9.17, 15) is 4.57 Å². The van der Waals surface area contributed by atoms with Crippen molar-refractivity contribution < 1.29 is 9.09 Å². The Morgan fingerprint density at radius 3 is 2.94 bits per heavy atom. The summed E-state index contributed by atoms with van der Waals surface area (Å²) in [5.41, 5.74) is 4.07. The molecule has 0 heterocycles. The summed E-state index contributed by atoms with van der Waals surface area (Å²) >= 11 is 0. The van der Waals surface area contributed by atoms with Crippen LogP contribution in [0.1, 0.15) is 33.6 Å². The molecule has 0 fully saturated rings. The molecule has 0 spiro atoms. The van der Waals surface area contributed by atoms with Gasteiger partial charge in [-0.1, -0.05) is 37.6 Å². The Balaban J connectivity index is 2.88. The Kier molecular flexibility index (Phi) is 5.93. The maximum atomic E-state index is 10.1. The zero-order valence-electron chi connectivity index (χ0n) is 10.7. The van der Waals surface area contributed by atoms with Crippen molar-refractivity contribution in [1.82, 2.24) is 0 Å². The molecule has 0 amide bonds. The molecule has 0 saturated heterocycles. The summed E-state index contributed by atoms with van der Waals surface area (Å²) in [6, 6.07) is 0. The molecule has 1 aliphatic rings. The SMILES string of the molecule is C/C(=C\C=C/O[PH+]=O)C1=C(C(C)C)CCC=C1. The predicted molar refractivity (Wildman–Crippen MR) is 73.2 cm³/mol. The van der Waals surface area contributed by atoms with Gasteiger partial charge in [-0.3, -0.25) is 4.52 Å². The molecule has 0 bridgehead atoms. The molecule has 1 atom stereocenters. The minimum atomic E-state index is -0.734. The number of allylic oxidation sites excluding steroid dienone is 7. The zero-order valence-corrected chi connectivity index (χ0v) is 11.7. The van der Waals surface area contributed by atoms with E-state index in [0.29, 0.717) is 5.92 Å². The van der Waals surface area contributed by atoms with Crippen molar-refractivity contribution in [3.8, 4) is 0 Å². The highest BCUT2D eigenvalue weighted by Crippen LogP contribution is 2.29. The quantitative estimate of drug-likeness (QED) is 0.402. The van der Waals surface area contributed by atoms with Crippen LogP contribution in [-0.4, -0.2) is 0 Å². The first-order valence-corrected chi connectivity index (χ1v) is 6.74. The Labute approximate surface area is 105 Å². The highest BCUT2D eigenvalue weighted by Gasteiger charge is 2.12. The van der Waals surface area contributed by atoms with Crippen molar-refractivity contribution in [3.63, 3.8) is 0 Å². The van der Waals surface area contributed by atoms with Gasteiger partial charge in [0.25, 0.3) is 0 Å². The van der Waals surface area contributed by atoms with E-state index in [1.807, 2.05) is 6.08 Å². The van der Waals surface area contributed by atoms with Crippen LogP contribution in [0.25, 0.3) is 0 Å². The fourth-order valence-electron chi connectivity index (χ4n) is 2.01. The standard InChI is InChI=1S/C14H20O2P/c1-11(2)13-8-4-5-9-14(13)12(3)7-6-10-16-17-15/h5-7,9-11,17H,4,8H2,1-3H3/q+1/b10-6-,12-7+. The summed E-state index contributed by atoms with van der Waals surface area (Å²) < 4.78 is 14.8. The molecule has 92 valence electrons. The number of hydrogen-bond acceptors (Lipinski definition) is 2. The Morgan fingerprint density at radius 1 is 1.53 bits per heavy atom. The molecule has 0 N–H and O–H groups in total. The smallest absolute Gasteiger partial charge is 0.264 e. The maximum Gasteiger partial charge on any atom is 0.541 e. The van der Waals surface area contributed by atoms with Crippen LogP contribution in [0.3, 0.4) is 0 Å². The van der Waals surface area contributed by atoms with Gasteiger partial charge in [-0.2, -0.15) is 0 Å². The van der Waals surface area contributed by atoms with Crippen molar-refractivity contribution in [1.29, 1.82) is 0 Å². The van der Waals surface area contributed by atoms with Crippen LogP contribution in [0, 0.1) is 5.92 Å². The van der Waals surface area contributed by atoms with E-state index < -0.39 is 8.69 Å². The van der Waals surface area contributed by atoms with Gasteiger partial charge in [0.1, 0.15) is 0 Å². The molecule has 0 aliphatic heterocycles. The van der Waals surface area contributed by atoms with Crippen LogP contribution in [0.5, 0.6) is 0 Å². The highest BCUT2D eigenvalue weighted by molar-refractivity contribution is 7.17. The lowest BCUT2D eigenvalue weighted by Gasteiger charge is -2.19. The topological polar surface area (TPSA) is 26.3 Å². The lowest BCUT2D eigenvalue weighted by Crippen LogP contribution is -2.02. The molecule has 1 unspecified atom stereocenters. The van der Waals surface area contributed by atoms with Crippen LogP contribution >= 0.6 is 8.69 Å². The summed E-state index contributed by atoms with van der Waals surface area (Å²) in [4.78, 5) is 0. The first-order valence-electron chi connectivity index (χ1n) is 5.93. The van der Waals surface area contributed by atoms with Crippen molar-refractivity contribution in [2.45, 2.75) is 33.6 Å². The molecule has 0 saturated carbocycles. The Morgan fingerprint density at radius 2 is 2.29 bits per heavy atom. The summed E-state index contributed by atoms with van der Waals surface area (Å²) in [7, 11) is -0.734. The van der Waals surface area contributed by atoms with E-state index in [-0.39, 0.29) is 0 Å². The van der Waals surface area contributed by atoms with Crippen LogP contribution in [-0.2, 0) is 9.09 Å². The summed E-state index contributed by atoms with van der Waals surface area (Å²) in [6.07, 6.45) is 11.9. The third-order valence-electron chi connectivity index (χ3n) is 2.87. The van der Waals surface area contributed by atoms with Crippen molar-refractivity contribution >= 4 is 8.69 Å². The molecule has 1 rings (SSSR count). The largest absolute Gasteiger partial charge is 0.541 e. The van der Waals surface area contributed by atoms with Gasteiger partial charge in [-0.05, 0) is 47.5 Å². The second kappa shape index (κ2) is 7.24. The average Bonchev–Trinajstić information content (AvgIpc) is 2.34. The Hall–Kier alpha value is -1.14. The van der Waals surface area contributed by atoms with Gasteiger partial charge in [-0.15, -0.1) is 0 Å². The minimum Gasteiger partial charge on any atom is -0.264 e. The third-order valence-corrected chi connectivity index (χ3v) is 3.11. The number of hydrogen-bond donors (Lipinski definition) is 0. The second-order valence-corrected chi connectivity index (χ2v) is 4.82. The molecule has 0 radical (unpaired) electrons. The molecular formula is C14H20O2P+. The van der Waals surface area contributed by atoms with E-state index >= 15 is 0 Å². The van der Waals surface area contributed by atoms with Gasteiger partial charge in [0.15, 0.2) is 6.26 Å². The predicted octanol–water partition coefficient (Wildman–Crippen LogP) is 4.70. The lowest BCUT2D eigenvalue weighted by atomic mass is 9.86. The molecule has 3 heteroatoms. The van der Waals surface area contributed by atoms with Crippen LogP contribution in [0.2, 0.25) is 0 Å². The van der Waals surface area contributed by atoms with Gasteiger partial charge in [0.2, 0.25) is 0 Å².